The number of aromatic nitrogens is 4. The third-order valence-electron chi connectivity index (χ3n) is 7.26. The molecule has 1 saturated heterocycles. The number of hydrogen-bond acceptors (Lipinski definition) is 5. The average molecular weight is 483 g/mol. The molecule has 7 heteroatoms. The molecule has 3 heterocycles. The molecule has 0 saturated carbocycles. The van der Waals surface area contributed by atoms with Crippen molar-refractivity contribution in [2.24, 2.45) is 5.92 Å². The zero-order valence-corrected chi connectivity index (χ0v) is 21.6. The van der Waals surface area contributed by atoms with Gasteiger partial charge in [0.1, 0.15) is 5.52 Å². The van der Waals surface area contributed by atoms with Crippen molar-refractivity contribution < 1.29 is 4.79 Å². The molecular formula is C29H34N6O. The first-order valence-electron chi connectivity index (χ1n) is 12.8. The van der Waals surface area contributed by atoms with Gasteiger partial charge in [-0.1, -0.05) is 47.5 Å². The van der Waals surface area contributed by atoms with Crippen molar-refractivity contribution in [2.75, 3.05) is 24.5 Å². The number of fused-ring (bicyclic) bond motifs is 1. The highest BCUT2D eigenvalue weighted by atomic mass is 16.1. The van der Waals surface area contributed by atoms with Crippen LogP contribution in [0, 0.1) is 33.6 Å². The quantitative estimate of drug-likeness (QED) is 0.434. The van der Waals surface area contributed by atoms with Crippen LogP contribution in [0.4, 0.5) is 5.82 Å². The molecule has 1 aliphatic heterocycles. The highest BCUT2D eigenvalue weighted by Crippen LogP contribution is 2.31. The van der Waals surface area contributed by atoms with Crippen LogP contribution in [0.2, 0.25) is 0 Å². The highest BCUT2D eigenvalue weighted by Gasteiger charge is 2.28. The third-order valence-corrected chi connectivity index (χ3v) is 7.26. The second-order valence-electron chi connectivity index (χ2n) is 9.95. The lowest BCUT2D eigenvalue weighted by Crippen LogP contribution is -2.41. The standard InChI is InChI=1S/C29H34N6O/c1-19-5-9-23(10-6-19)13-16-30-29(36)24-14-17-34(18-15-24)28-27-26(21(3)31-32-28)22(4)35(33-27)25-11-7-20(2)8-12-25/h5-12,24H,13-18H2,1-4H3,(H,30,36). The zero-order valence-electron chi connectivity index (χ0n) is 21.6. The first-order valence-corrected chi connectivity index (χ1v) is 12.8. The summed E-state index contributed by atoms with van der Waals surface area (Å²) in [6, 6.07) is 16.9. The van der Waals surface area contributed by atoms with Gasteiger partial charge in [-0.25, -0.2) is 4.68 Å². The van der Waals surface area contributed by atoms with Crippen molar-refractivity contribution >= 4 is 22.6 Å². The molecule has 36 heavy (non-hydrogen) atoms. The largest absolute Gasteiger partial charge is 0.356 e. The highest BCUT2D eigenvalue weighted by molar-refractivity contribution is 5.92. The van der Waals surface area contributed by atoms with Crippen LogP contribution in [-0.2, 0) is 11.2 Å². The number of amides is 1. The molecule has 1 fully saturated rings. The van der Waals surface area contributed by atoms with Crippen LogP contribution in [0.3, 0.4) is 0 Å². The van der Waals surface area contributed by atoms with Crippen LogP contribution in [-0.4, -0.2) is 45.5 Å². The van der Waals surface area contributed by atoms with Crippen LogP contribution >= 0.6 is 0 Å². The molecule has 0 aliphatic carbocycles. The Morgan fingerprint density at radius 1 is 0.917 bits per heavy atom. The van der Waals surface area contributed by atoms with Gasteiger partial charge in [-0.3, -0.25) is 4.79 Å². The van der Waals surface area contributed by atoms with Gasteiger partial charge in [0.05, 0.1) is 22.5 Å². The Labute approximate surface area is 212 Å². The third kappa shape index (κ3) is 4.83. The zero-order chi connectivity index (χ0) is 25.2. The number of carbonyl (C=O) groups excluding carboxylic acids is 1. The summed E-state index contributed by atoms with van der Waals surface area (Å²) in [5, 5.41) is 18.2. The van der Waals surface area contributed by atoms with Crippen molar-refractivity contribution in [3.05, 3.63) is 76.6 Å². The first kappa shape index (κ1) is 24.0. The molecule has 1 N–H and O–H groups in total. The minimum Gasteiger partial charge on any atom is -0.356 e. The molecule has 0 unspecified atom stereocenters. The maximum atomic E-state index is 12.8. The van der Waals surface area contributed by atoms with Gasteiger partial charge in [0.25, 0.3) is 0 Å². The second kappa shape index (κ2) is 10.1. The van der Waals surface area contributed by atoms with Gasteiger partial charge in [-0.15, -0.1) is 5.10 Å². The predicted molar refractivity (Wildman–Crippen MR) is 144 cm³/mol. The van der Waals surface area contributed by atoms with E-state index in [-0.39, 0.29) is 11.8 Å². The molecule has 0 bridgehead atoms. The predicted octanol–water partition coefficient (Wildman–Crippen LogP) is 4.62. The Bertz CT molecular complexity index is 1370. The lowest BCUT2D eigenvalue weighted by atomic mass is 9.95. The van der Waals surface area contributed by atoms with E-state index in [0.717, 1.165) is 66.1 Å². The SMILES string of the molecule is Cc1ccc(CCNC(=O)C2CCN(c3nnc(C)c4c(C)n(-c5ccc(C)cc5)nc34)CC2)cc1. The van der Waals surface area contributed by atoms with Crippen LogP contribution in [0.15, 0.2) is 48.5 Å². The van der Waals surface area contributed by atoms with Gasteiger partial charge >= 0.3 is 0 Å². The Morgan fingerprint density at radius 3 is 2.22 bits per heavy atom. The summed E-state index contributed by atoms with van der Waals surface area (Å²) in [5.41, 5.74) is 7.57. The number of aryl methyl sites for hydroxylation is 4. The number of rotatable bonds is 6. The monoisotopic (exact) mass is 482 g/mol. The number of piperidine rings is 1. The van der Waals surface area contributed by atoms with E-state index in [2.05, 4.69) is 89.7 Å². The van der Waals surface area contributed by atoms with Crippen LogP contribution < -0.4 is 10.2 Å². The van der Waals surface area contributed by atoms with Gasteiger partial charge in [0, 0.05) is 25.6 Å². The maximum absolute atomic E-state index is 12.8. The Balaban J connectivity index is 1.26. The number of benzene rings is 2. The van der Waals surface area contributed by atoms with E-state index in [9.17, 15) is 4.79 Å². The van der Waals surface area contributed by atoms with Crippen molar-refractivity contribution in [3.63, 3.8) is 0 Å². The first-order chi connectivity index (χ1) is 17.4. The topological polar surface area (TPSA) is 75.9 Å². The molecule has 5 rings (SSSR count). The summed E-state index contributed by atoms with van der Waals surface area (Å²) in [7, 11) is 0. The smallest absolute Gasteiger partial charge is 0.223 e. The molecule has 2 aromatic carbocycles. The Morgan fingerprint density at radius 2 is 1.56 bits per heavy atom. The number of carbonyl (C=O) groups is 1. The summed E-state index contributed by atoms with van der Waals surface area (Å²) in [6.07, 6.45) is 2.45. The molecule has 2 aromatic heterocycles. The van der Waals surface area contributed by atoms with Gasteiger partial charge in [-0.2, -0.15) is 10.2 Å². The summed E-state index contributed by atoms with van der Waals surface area (Å²) in [4.78, 5) is 15.0. The molecular weight excluding hydrogens is 448 g/mol. The van der Waals surface area contributed by atoms with Crippen molar-refractivity contribution in [1.29, 1.82) is 0 Å². The fourth-order valence-corrected chi connectivity index (χ4v) is 5.04. The van der Waals surface area contributed by atoms with Gasteiger partial charge < -0.3 is 10.2 Å². The minimum absolute atomic E-state index is 0.0278. The normalized spacial score (nSPS) is 14.4. The average Bonchev–Trinajstić information content (AvgIpc) is 3.24. The fourth-order valence-electron chi connectivity index (χ4n) is 5.04. The molecule has 7 nitrogen and oxygen atoms in total. The fraction of sp³-hybridized carbons (Fsp3) is 0.379. The lowest BCUT2D eigenvalue weighted by molar-refractivity contribution is -0.125. The molecule has 0 radical (unpaired) electrons. The van der Waals surface area contributed by atoms with E-state index in [4.69, 9.17) is 5.10 Å². The van der Waals surface area contributed by atoms with Crippen molar-refractivity contribution in [1.82, 2.24) is 25.3 Å². The second-order valence-corrected chi connectivity index (χ2v) is 9.95. The van der Waals surface area contributed by atoms with E-state index in [1.807, 2.05) is 11.6 Å². The van der Waals surface area contributed by atoms with E-state index in [1.54, 1.807) is 0 Å². The summed E-state index contributed by atoms with van der Waals surface area (Å²) in [5.74, 6) is 0.990. The van der Waals surface area contributed by atoms with E-state index in [0.29, 0.717) is 6.54 Å². The summed E-state index contributed by atoms with van der Waals surface area (Å²) >= 11 is 0. The van der Waals surface area contributed by atoms with E-state index in [1.165, 1.54) is 16.7 Å². The molecule has 1 aliphatic rings. The molecule has 186 valence electrons. The Hall–Kier alpha value is -3.74. The number of nitrogens with one attached hydrogen (secondary N) is 1. The van der Waals surface area contributed by atoms with Crippen molar-refractivity contribution in [3.8, 4) is 5.69 Å². The van der Waals surface area contributed by atoms with Gasteiger partial charge in [0.2, 0.25) is 5.91 Å². The number of nitrogens with zero attached hydrogens (tertiary/aromatic N) is 5. The molecule has 0 spiro atoms. The minimum atomic E-state index is 0.0278. The van der Waals surface area contributed by atoms with Gasteiger partial charge in [-0.05, 0) is 64.7 Å². The van der Waals surface area contributed by atoms with E-state index >= 15 is 0 Å². The van der Waals surface area contributed by atoms with E-state index < -0.39 is 0 Å². The molecule has 1 amide bonds. The lowest BCUT2D eigenvalue weighted by Gasteiger charge is -2.32. The van der Waals surface area contributed by atoms with Crippen molar-refractivity contribution in [2.45, 2.75) is 47.0 Å². The van der Waals surface area contributed by atoms with Crippen LogP contribution in [0.1, 0.15) is 40.9 Å². The number of hydrogen-bond donors (Lipinski definition) is 1. The Kier molecular flexibility index (Phi) is 6.72. The molecule has 0 atom stereocenters. The van der Waals surface area contributed by atoms with Gasteiger partial charge in [0.15, 0.2) is 5.82 Å². The molecule has 4 aromatic rings. The number of anilines is 1. The summed E-state index contributed by atoms with van der Waals surface area (Å²) < 4.78 is 1.98. The maximum Gasteiger partial charge on any atom is 0.223 e. The van der Waals surface area contributed by atoms with Crippen LogP contribution in [0.25, 0.3) is 16.6 Å². The van der Waals surface area contributed by atoms with Crippen LogP contribution in [0.5, 0.6) is 0 Å². The summed E-state index contributed by atoms with van der Waals surface area (Å²) in [6.45, 7) is 10.4.